The van der Waals surface area contributed by atoms with Crippen LogP contribution in [0.1, 0.15) is 23.7 Å². The molecule has 2 heteroatoms. The first kappa shape index (κ1) is 9.76. The van der Waals surface area contributed by atoms with E-state index in [9.17, 15) is 9.50 Å². The number of hydrogen-bond donors (Lipinski definition) is 1. The fourth-order valence-corrected chi connectivity index (χ4v) is 1.12. The van der Waals surface area contributed by atoms with Crippen molar-refractivity contribution in [3.05, 3.63) is 35.1 Å². The van der Waals surface area contributed by atoms with Crippen molar-refractivity contribution in [1.82, 2.24) is 0 Å². The highest BCUT2D eigenvalue weighted by molar-refractivity contribution is 5.25. The molecule has 0 radical (unpaired) electrons. The second-order valence-corrected chi connectivity index (χ2v) is 2.95. The van der Waals surface area contributed by atoms with Gasteiger partial charge in [0.15, 0.2) is 0 Å². The van der Waals surface area contributed by atoms with Crippen LogP contribution in [0.15, 0.2) is 18.2 Å². The second kappa shape index (κ2) is 4.06. The summed E-state index contributed by atoms with van der Waals surface area (Å²) in [6.07, 6.45) is 4.26. The molecule has 0 amide bonds. The van der Waals surface area contributed by atoms with Crippen LogP contribution in [-0.4, -0.2) is 5.11 Å². The standard InChI is InChI=1S/C11H11FO/c1-3-4-11(13)9-6-5-8(2)7-10(9)12/h1,5-7,11,13H,4H2,2H3. The monoisotopic (exact) mass is 178 g/mol. The number of aliphatic hydroxyl groups excluding tert-OH is 1. The van der Waals surface area contributed by atoms with Crippen LogP contribution in [-0.2, 0) is 0 Å². The lowest BCUT2D eigenvalue weighted by molar-refractivity contribution is 0.179. The van der Waals surface area contributed by atoms with E-state index in [1.54, 1.807) is 19.1 Å². The largest absolute Gasteiger partial charge is 0.387 e. The Kier molecular flexibility index (Phi) is 3.05. The van der Waals surface area contributed by atoms with Crippen molar-refractivity contribution in [2.45, 2.75) is 19.4 Å². The van der Waals surface area contributed by atoms with Crippen molar-refractivity contribution >= 4 is 0 Å². The highest BCUT2D eigenvalue weighted by Gasteiger charge is 2.10. The van der Waals surface area contributed by atoms with E-state index in [1.807, 2.05) is 0 Å². The number of terminal acetylenes is 1. The van der Waals surface area contributed by atoms with Crippen molar-refractivity contribution < 1.29 is 9.50 Å². The van der Waals surface area contributed by atoms with Gasteiger partial charge in [-0.05, 0) is 18.6 Å². The molecule has 1 N–H and O–H groups in total. The maximum atomic E-state index is 13.2. The van der Waals surface area contributed by atoms with Crippen molar-refractivity contribution in [3.8, 4) is 12.3 Å². The number of hydrogen-bond acceptors (Lipinski definition) is 1. The average molecular weight is 178 g/mol. The molecule has 1 unspecified atom stereocenters. The van der Waals surface area contributed by atoms with Gasteiger partial charge in [-0.1, -0.05) is 12.1 Å². The third-order valence-corrected chi connectivity index (χ3v) is 1.83. The van der Waals surface area contributed by atoms with E-state index in [0.717, 1.165) is 5.56 Å². The van der Waals surface area contributed by atoms with Crippen LogP contribution in [0.3, 0.4) is 0 Å². The number of aryl methyl sites for hydroxylation is 1. The lowest BCUT2D eigenvalue weighted by Crippen LogP contribution is -1.99. The molecule has 0 saturated heterocycles. The molecule has 1 nitrogen and oxygen atoms in total. The quantitative estimate of drug-likeness (QED) is 0.688. The fraction of sp³-hybridized carbons (Fsp3) is 0.273. The molecule has 0 bridgehead atoms. The van der Waals surface area contributed by atoms with Crippen LogP contribution < -0.4 is 0 Å². The Morgan fingerprint density at radius 1 is 1.62 bits per heavy atom. The maximum Gasteiger partial charge on any atom is 0.129 e. The van der Waals surface area contributed by atoms with Crippen molar-refractivity contribution in [1.29, 1.82) is 0 Å². The van der Waals surface area contributed by atoms with E-state index in [-0.39, 0.29) is 12.0 Å². The first-order valence-corrected chi connectivity index (χ1v) is 4.02. The van der Waals surface area contributed by atoms with Crippen LogP contribution >= 0.6 is 0 Å². The molecular formula is C11H11FO. The molecule has 1 aromatic carbocycles. The highest BCUT2D eigenvalue weighted by Crippen LogP contribution is 2.20. The lowest BCUT2D eigenvalue weighted by Gasteiger charge is -2.08. The van der Waals surface area contributed by atoms with Gasteiger partial charge < -0.3 is 5.11 Å². The SMILES string of the molecule is C#CCC(O)c1ccc(C)cc1F. The molecule has 0 saturated carbocycles. The Balaban J connectivity index is 2.96. The number of halogens is 1. The summed E-state index contributed by atoms with van der Waals surface area (Å²) < 4.78 is 13.2. The van der Waals surface area contributed by atoms with E-state index in [0.29, 0.717) is 0 Å². The van der Waals surface area contributed by atoms with E-state index < -0.39 is 11.9 Å². The van der Waals surface area contributed by atoms with Crippen LogP contribution in [0.25, 0.3) is 0 Å². The Bertz CT molecular complexity index is 338. The van der Waals surface area contributed by atoms with Crippen molar-refractivity contribution in [3.63, 3.8) is 0 Å². The van der Waals surface area contributed by atoms with Gasteiger partial charge >= 0.3 is 0 Å². The smallest absolute Gasteiger partial charge is 0.129 e. The van der Waals surface area contributed by atoms with Crippen LogP contribution in [0.5, 0.6) is 0 Å². The third kappa shape index (κ3) is 2.30. The zero-order chi connectivity index (χ0) is 9.84. The minimum absolute atomic E-state index is 0.139. The van der Waals surface area contributed by atoms with E-state index in [2.05, 4.69) is 5.92 Å². The third-order valence-electron chi connectivity index (χ3n) is 1.83. The molecule has 0 fully saturated rings. The summed E-state index contributed by atoms with van der Waals surface area (Å²) in [5, 5.41) is 9.41. The summed E-state index contributed by atoms with van der Waals surface area (Å²) in [4.78, 5) is 0. The van der Waals surface area contributed by atoms with Gasteiger partial charge in [0.05, 0.1) is 6.10 Å². The summed E-state index contributed by atoms with van der Waals surface area (Å²) in [7, 11) is 0. The number of rotatable bonds is 2. The van der Waals surface area contributed by atoms with Gasteiger partial charge in [-0.25, -0.2) is 4.39 Å². The van der Waals surface area contributed by atoms with Crippen molar-refractivity contribution in [2.24, 2.45) is 0 Å². The van der Waals surface area contributed by atoms with Gasteiger partial charge in [0, 0.05) is 12.0 Å². The summed E-state index contributed by atoms with van der Waals surface area (Å²) in [6, 6.07) is 4.69. The topological polar surface area (TPSA) is 20.2 Å². The minimum atomic E-state index is -0.898. The zero-order valence-corrected chi connectivity index (χ0v) is 7.42. The second-order valence-electron chi connectivity index (χ2n) is 2.95. The molecule has 1 atom stereocenters. The van der Waals surface area contributed by atoms with Gasteiger partial charge in [0.2, 0.25) is 0 Å². The number of benzene rings is 1. The Morgan fingerprint density at radius 3 is 2.85 bits per heavy atom. The minimum Gasteiger partial charge on any atom is -0.387 e. The normalized spacial score (nSPS) is 12.2. The van der Waals surface area contributed by atoms with E-state index in [4.69, 9.17) is 6.42 Å². The molecular weight excluding hydrogens is 167 g/mol. The van der Waals surface area contributed by atoms with E-state index >= 15 is 0 Å². The van der Waals surface area contributed by atoms with Gasteiger partial charge in [0.1, 0.15) is 5.82 Å². The van der Waals surface area contributed by atoms with Crippen LogP contribution in [0.2, 0.25) is 0 Å². The van der Waals surface area contributed by atoms with Crippen LogP contribution in [0.4, 0.5) is 4.39 Å². The van der Waals surface area contributed by atoms with Gasteiger partial charge in [-0.15, -0.1) is 12.3 Å². The molecule has 68 valence electrons. The molecule has 0 heterocycles. The maximum absolute atomic E-state index is 13.2. The summed E-state index contributed by atoms with van der Waals surface area (Å²) >= 11 is 0. The summed E-state index contributed by atoms with van der Waals surface area (Å²) in [6.45, 7) is 1.79. The molecule has 0 spiro atoms. The van der Waals surface area contributed by atoms with Gasteiger partial charge in [0.25, 0.3) is 0 Å². The predicted molar refractivity (Wildman–Crippen MR) is 49.5 cm³/mol. The Morgan fingerprint density at radius 2 is 2.31 bits per heavy atom. The molecule has 0 aliphatic carbocycles. The van der Waals surface area contributed by atoms with Crippen LogP contribution in [0, 0.1) is 25.1 Å². The molecule has 0 aliphatic heterocycles. The van der Waals surface area contributed by atoms with Gasteiger partial charge in [-0.2, -0.15) is 0 Å². The zero-order valence-electron chi connectivity index (χ0n) is 7.42. The molecule has 1 aromatic rings. The lowest BCUT2D eigenvalue weighted by atomic mass is 10.0. The fourth-order valence-electron chi connectivity index (χ4n) is 1.12. The Hall–Kier alpha value is -1.33. The summed E-state index contributed by atoms with van der Waals surface area (Å²) in [5.74, 6) is 1.89. The predicted octanol–water partition coefficient (Wildman–Crippen LogP) is 2.19. The molecule has 0 aliphatic rings. The Labute approximate surface area is 77.2 Å². The summed E-state index contributed by atoms with van der Waals surface area (Å²) in [5.41, 5.74) is 1.10. The highest BCUT2D eigenvalue weighted by atomic mass is 19.1. The molecule has 13 heavy (non-hydrogen) atoms. The number of aliphatic hydroxyl groups is 1. The van der Waals surface area contributed by atoms with Gasteiger partial charge in [-0.3, -0.25) is 0 Å². The molecule has 1 rings (SSSR count). The first-order chi connectivity index (χ1) is 6.15. The van der Waals surface area contributed by atoms with E-state index in [1.165, 1.54) is 6.07 Å². The van der Waals surface area contributed by atoms with Crippen molar-refractivity contribution in [2.75, 3.05) is 0 Å². The molecule has 0 aromatic heterocycles. The average Bonchev–Trinajstić information content (AvgIpc) is 2.04. The first-order valence-electron chi connectivity index (χ1n) is 4.02.